The lowest BCUT2D eigenvalue weighted by Crippen LogP contribution is -2.15. The molecule has 2 aliphatic rings. The topological polar surface area (TPSA) is 65.4 Å². The first kappa shape index (κ1) is 16.3. The van der Waals surface area contributed by atoms with Gasteiger partial charge >= 0.3 is 0 Å². The molecule has 6 nitrogen and oxygen atoms in total. The second-order valence-electron chi connectivity index (χ2n) is 6.37. The Balaban J connectivity index is 1.83. The summed E-state index contributed by atoms with van der Waals surface area (Å²) >= 11 is 1.59. The maximum atomic E-state index is 12.1. The SMILES string of the molecule is CCOc1cc2c(cc1C1SCC(=O)Nc3c1cnn3C)OC(C)C2. The van der Waals surface area contributed by atoms with Crippen molar-refractivity contribution in [3.05, 3.63) is 35.0 Å². The van der Waals surface area contributed by atoms with Gasteiger partial charge in [0.1, 0.15) is 23.4 Å². The van der Waals surface area contributed by atoms with Crippen LogP contribution in [0.25, 0.3) is 0 Å². The number of carbonyl (C=O) groups is 1. The van der Waals surface area contributed by atoms with Crippen LogP contribution in [0.1, 0.15) is 35.8 Å². The van der Waals surface area contributed by atoms with Crippen LogP contribution in [-0.4, -0.2) is 34.2 Å². The fraction of sp³-hybridized carbons (Fsp3) is 0.444. The number of anilines is 1. The van der Waals surface area contributed by atoms with E-state index in [1.165, 1.54) is 5.56 Å². The second kappa shape index (κ2) is 6.29. The maximum absolute atomic E-state index is 12.1. The standard InChI is InChI=1S/C18H21N3O3S/c1-4-23-15-6-11-5-10(2)24-14(11)7-12(15)17-13-8-19-21(3)18(13)20-16(22)9-25-17/h6-8,10,17H,4-5,9H2,1-3H3,(H,20,22). The number of rotatable bonds is 3. The Morgan fingerprint density at radius 3 is 3.08 bits per heavy atom. The Bertz CT molecular complexity index is 833. The van der Waals surface area contributed by atoms with Crippen molar-refractivity contribution >= 4 is 23.5 Å². The van der Waals surface area contributed by atoms with E-state index in [1.54, 1.807) is 16.4 Å². The van der Waals surface area contributed by atoms with Crippen LogP contribution < -0.4 is 14.8 Å². The van der Waals surface area contributed by atoms with Gasteiger partial charge in [0.05, 0.1) is 23.8 Å². The molecule has 0 spiro atoms. The van der Waals surface area contributed by atoms with E-state index in [4.69, 9.17) is 9.47 Å². The van der Waals surface area contributed by atoms with Gasteiger partial charge in [0.15, 0.2) is 0 Å². The molecule has 2 aromatic rings. The van der Waals surface area contributed by atoms with Crippen molar-refractivity contribution in [2.75, 3.05) is 17.7 Å². The number of aromatic nitrogens is 2. The third-order valence-corrected chi connectivity index (χ3v) is 5.77. The molecule has 0 saturated heterocycles. The molecule has 132 valence electrons. The molecule has 0 fully saturated rings. The summed E-state index contributed by atoms with van der Waals surface area (Å²) in [4.78, 5) is 12.1. The zero-order valence-electron chi connectivity index (χ0n) is 14.5. The van der Waals surface area contributed by atoms with Gasteiger partial charge in [-0.2, -0.15) is 5.10 Å². The highest BCUT2D eigenvalue weighted by Crippen LogP contribution is 2.47. The molecule has 0 aliphatic carbocycles. The molecule has 2 atom stereocenters. The van der Waals surface area contributed by atoms with Gasteiger partial charge in [0, 0.05) is 30.2 Å². The van der Waals surface area contributed by atoms with Gasteiger partial charge in [-0.3, -0.25) is 9.48 Å². The fourth-order valence-corrected chi connectivity index (χ4v) is 4.52. The number of hydrogen-bond donors (Lipinski definition) is 1. The van der Waals surface area contributed by atoms with Crippen molar-refractivity contribution in [2.45, 2.75) is 31.6 Å². The van der Waals surface area contributed by atoms with Gasteiger partial charge in [-0.1, -0.05) is 0 Å². The van der Waals surface area contributed by atoms with E-state index < -0.39 is 0 Å². The summed E-state index contributed by atoms with van der Waals surface area (Å²) in [7, 11) is 1.84. The Morgan fingerprint density at radius 1 is 1.44 bits per heavy atom. The third-order valence-electron chi connectivity index (χ3n) is 4.50. The summed E-state index contributed by atoms with van der Waals surface area (Å²) in [5.41, 5.74) is 3.20. The van der Waals surface area contributed by atoms with Crippen LogP contribution in [0.4, 0.5) is 5.82 Å². The first-order valence-corrected chi connectivity index (χ1v) is 9.51. The van der Waals surface area contributed by atoms with Crippen LogP contribution in [0.15, 0.2) is 18.3 Å². The Morgan fingerprint density at radius 2 is 2.28 bits per heavy atom. The molecule has 7 heteroatoms. The second-order valence-corrected chi connectivity index (χ2v) is 7.47. The van der Waals surface area contributed by atoms with Crippen molar-refractivity contribution in [3.8, 4) is 11.5 Å². The van der Waals surface area contributed by atoms with Crippen LogP contribution in [-0.2, 0) is 18.3 Å². The molecule has 2 unspecified atom stereocenters. The summed E-state index contributed by atoms with van der Waals surface area (Å²) in [6.45, 7) is 4.65. The summed E-state index contributed by atoms with van der Waals surface area (Å²) < 4.78 is 13.6. The van der Waals surface area contributed by atoms with Gasteiger partial charge in [-0.15, -0.1) is 11.8 Å². The van der Waals surface area contributed by atoms with Crippen LogP contribution in [0, 0.1) is 0 Å². The van der Waals surface area contributed by atoms with Crippen molar-refractivity contribution < 1.29 is 14.3 Å². The van der Waals surface area contributed by atoms with E-state index in [1.807, 2.05) is 20.2 Å². The molecule has 1 aromatic heterocycles. The number of carbonyl (C=O) groups excluding carboxylic acids is 1. The fourth-order valence-electron chi connectivity index (χ4n) is 3.41. The highest BCUT2D eigenvalue weighted by Gasteiger charge is 2.31. The molecule has 0 radical (unpaired) electrons. The molecule has 1 aromatic carbocycles. The predicted molar refractivity (Wildman–Crippen MR) is 97.5 cm³/mol. The molecular formula is C18H21N3O3S. The van der Waals surface area contributed by atoms with Gasteiger partial charge in [-0.05, 0) is 26.0 Å². The highest BCUT2D eigenvalue weighted by atomic mass is 32.2. The molecular weight excluding hydrogens is 338 g/mol. The van der Waals surface area contributed by atoms with Gasteiger partial charge < -0.3 is 14.8 Å². The molecule has 1 amide bonds. The number of nitrogens with zero attached hydrogens (tertiary/aromatic N) is 2. The number of thioether (sulfide) groups is 1. The highest BCUT2D eigenvalue weighted by molar-refractivity contribution is 8.00. The van der Waals surface area contributed by atoms with E-state index in [9.17, 15) is 4.79 Å². The first-order chi connectivity index (χ1) is 12.1. The minimum Gasteiger partial charge on any atom is -0.494 e. The number of benzene rings is 1. The number of ether oxygens (including phenoxy) is 2. The zero-order valence-corrected chi connectivity index (χ0v) is 15.4. The number of fused-ring (bicyclic) bond motifs is 2. The van der Waals surface area contributed by atoms with E-state index in [0.29, 0.717) is 12.4 Å². The molecule has 3 heterocycles. The summed E-state index contributed by atoms with van der Waals surface area (Å²) in [6.07, 6.45) is 2.90. The molecule has 4 rings (SSSR count). The largest absolute Gasteiger partial charge is 0.494 e. The minimum atomic E-state index is -0.0333. The molecule has 25 heavy (non-hydrogen) atoms. The van der Waals surface area contributed by atoms with Crippen LogP contribution in [0.2, 0.25) is 0 Å². The third kappa shape index (κ3) is 2.86. The number of hydrogen-bond acceptors (Lipinski definition) is 5. The first-order valence-electron chi connectivity index (χ1n) is 8.46. The maximum Gasteiger partial charge on any atom is 0.235 e. The van der Waals surface area contributed by atoms with Gasteiger partial charge in [-0.25, -0.2) is 0 Å². The molecule has 0 saturated carbocycles. The Hall–Kier alpha value is -2.15. The number of nitrogens with one attached hydrogen (secondary N) is 1. The summed E-state index contributed by atoms with van der Waals surface area (Å²) in [6, 6.07) is 4.17. The summed E-state index contributed by atoms with van der Waals surface area (Å²) in [5.74, 6) is 2.90. The smallest absolute Gasteiger partial charge is 0.235 e. The number of amides is 1. The van der Waals surface area contributed by atoms with Gasteiger partial charge in [0.2, 0.25) is 5.91 Å². The van der Waals surface area contributed by atoms with E-state index >= 15 is 0 Å². The van der Waals surface area contributed by atoms with Crippen molar-refractivity contribution in [3.63, 3.8) is 0 Å². The van der Waals surface area contributed by atoms with Crippen molar-refractivity contribution in [1.29, 1.82) is 0 Å². The normalized spacial score (nSPS) is 21.8. The predicted octanol–water partition coefficient (Wildman–Crippen LogP) is 2.92. The lowest BCUT2D eigenvalue weighted by atomic mass is 10.0. The quantitative estimate of drug-likeness (QED) is 0.913. The Kier molecular flexibility index (Phi) is 4.11. The van der Waals surface area contributed by atoms with Crippen molar-refractivity contribution in [1.82, 2.24) is 9.78 Å². The van der Waals surface area contributed by atoms with Crippen LogP contribution in [0.5, 0.6) is 11.5 Å². The van der Waals surface area contributed by atoms with E-state index in [2.05, 4.69) is 29.5 Å². The lowest BCUT2D eigenvalue weighted by molar-refractivity contribution is -0.113. The molecule has 0 bridgehead atoms. The lowest BCUT2D eigenvalue weighted by Gasteiger charge is -2.19. The number of aryl methyl sites for hydroxylation is 1. The average molecular weight is 359 g/mol. The zero-order chi connectivity index (χ0) is 17.6. The van der Waals surface area contributed by atoms with Gasteiger partial charge in [0.25, 0.3) is 0 Å². The monoisotopic (exact) mass is 359 g/mol. The van der Waals surface area contributed by atoms with Crippen molar-refractivity contribution in [2.24, 2.45) is 7.05 Å². The van der Waals surface area contributed by atoms with E-state index in [0.717, 1.165) is 34.9 Å². The molecule has 1 N–H and O–H groups in total. The minimum absolute atomic E-state index is 0.0126. The van der Waals surface area contributed by atoms with Crippen LogP contribution >= 0.6 is 11.8 Å². The Labute approximate surface area is 150 Å². The van der Waals surface area contributed by atoms with Crippen LogP contribution in [0.3, 0.4) is 0 Å². The van der Waals surface area contributed by atoms with E-state index in [-0.39, 0.29) is 17.3 Å². The molecule has 2 aliphatic heterocycles. The summed E-state index contributed by atoms with van der Waals surface area (Å²) in [5, 5.41) is 7.24. The average Bonchev–Trinajstić information content (AvgIpc) is 3.05.